The number of nitrogens with one attached hydrogen (secondary N) is 1. The van der Waals surface area contributed by atoms with Crippen LogP contribution in [0.4, 0.5) is 11.5 Å². The predicted octanol–water partition coefficient (Wildman–Crippen LogP) is 2.59. The molecule has 1 N–H and O–H groups in total. The van der Waals surface area contributed by atoms with E-state index >= 15 is 0 Å². The molecule has 1 aromatic heterocycles. The first-order valence-corrected chi connectivity index (χ1v) is 7.00. The number of nitro groups is 1. The Morgan fingerprint density at radius 1 is 1.50 bits per heavy atom. The maximum Gasteiger partial charge on any atom is 0.333 e. The molecule has 0 aliphatic heterocycles. The summed E-state index contributed by atoms with van der Waals surface area (Å²) in [7, 11) is 0. The molecule has 0 spiro atoms. The van der Waals surface area contributed by atoms with Crippen LogP contribution in [0.1, 0.15) is 32.9 Å². The van der Waals surface area contributed by atoms with Gasteiger partial charge in [0.1, 0.15) is 5.69 Å². The Hall–Kier alpha value is -1.63. The molecule has 20 heavy (non-hydrogen) atoms. The van der Waals surface area contributed by atoms with E-state index in [2.05, 4.69) is 24.3 Å². The van der Waals surface area contributed by atoms with Crippen molar-refractivity contribution in [3.05, 3.63) is 15.8 Å². The molecule has 0 aromatic carbocycles. The van der Waals surface area contributed by atoms with Crippen LogP contribution in [-0.2, 0) is 11.3 Å². The SMILES string of the molecule is CCn1nc(C)c([N+](=O)[O-])c1NCCCOCC(C)C. The Morgan fingerprint density at radius 2 is 2.20 bits per heavy atom. The van der Waals surface area contributed by atoms with Crippen LogP contribution in [0.25, 0.3) is 0 Å². The molecule has 0 atom stereocenters. The van der Waals surface area contributed by atoms with Gasteiger partial charge in [0.25, 0.3) is 0 Å². The number of hydrogen-bond acceptors (Lipinski definition) is 5. The van der Waals surface area contributed by atoms with Gasteiger partial charge in [-0.05, 0) is 26.2 Å². The molecule has 0 aliphatic carbocycles. The highest BCUT2D eigenvalue weighted by Gasteiger charge is 2.24. The number of aryl methyl sites for hydroxylation is 2. The molecule has 114 valence electrons. The van der Waals surface area contributed by atoms with Gasteiger partial charge in [0, 0.05) is 26.3 Å². The Balaban J connectivity index is 2.52. The topological polar surface area (TPSA) is 82.2 Å². The smallest absolute Gasteiger partial charge is 0.333 e. The van der Waals surface area contributed by atoms with Crippen LogP contribution in [0.3, 0.4) is 0 Å². The number of ether oxygens (including phenoxy) is 1. The summed E-state index contributed by atoms with van der Waals surface area (Å²) in [5, 5.41) is 18.3. The molecule has 0 radical (unpaired) electrons. The summed E-state index contributed by atoms with van der Waals surface area (Å²) in [5.41, 5.74) is 0.505. The Bertz CT molecular complexity index is 443. The summed E-state index contributed by atoms with van der Waals surface area (Å²) < 4.78 is 7.10. The number of anilines is 1. The zero-order valence-corrected chi connectivity index (χ0v) is 12.7. The van der Waals surface area contributed by atoms with Crippen LogP contribution in [0.5, 0.6) is 0 Å². The summed E-state index contributed by atoms with van der Waals surface area (Å²) >= 11 is 0. The lowest BCUT2D eigenvalue weighted by atomic mass is 10.2. The minimum Gasteiger partial charge on any atom is -0.381 e. The molecule has 0 aliphatic rings. The minimum absolute atomic E-state index is 0.0648. The summed E-state index contributed by atoms with van der Waals surface area (Å²) in [4.78, 5) is 10.7. The second-order valence-electron chi connectivity index (χ2n) is 5.10. The van der Waals surface area contributed by atoms with Crippen molar-refractivity contribution >= 4 is 11.5 Å². The molecule has 1 heterocycles. The molecule has 0 fully saturated rings. The van der Waals surface area contributed by atoms with E-state index in [9.17, 15) is 10.1 Å². The Morgan fingerprint density at radius 3 is 2.75 bits per heavy atom. The summed E-state index contributed by atoms with van der Waals surface area (Å²) in [6.07, 6.45) is 0.803. The van der Waals surface area contributed by atoms with Crippen LogP contribution in [0.15, 0.2) is 0 Å². The van der Waals surface area contributed by atoms with E-state index in [1.54, 1.807) is 11.6 Å². The lowest BCUT2D eigenvalue weighted by molar-refractivity contribution is -0.384. The molecule has 0 amide bonds. The molecule has 7 nitrogen and oxygen atoms in total. The summed E-state index contributed by atoms with van der Waals surface area (Å²) in [6, 6.07) is 0. The average molecular weight is 284 g/mol. The third-order valence-electron chi connectivity index (χ3n) is 2.79. The van der Waals surface area contributed by atoms with Crippen molar-refractivity contribution < 1.29 is 9.66 Å². The maximum absolute atomic E-state index is 11.1. The number of nitrogens with zero attached hydrogens (tertiary/aromatic N) is 3. The van der Waals surface area contributed by atoms with Gasteiger partial charge in [-0.25, -0.2) is 4.68 Å². The van der Waals surface area contributed by atoms with E-state index in [1.165, 1.54) is 0 Å². The van der Waals surface area contributed by atoms with Crippen LogP contribution in [0.2, 0.25) is 0 Å². The third kappa shape index (κ3) is 4.48. The predicted molar refractivity (Wildman–Crippen MR) is 78.1 cm³/mol. The van der Waals surface area contributed by atoms with Gasteiger partial charge in [0.2, 0.25) is 5.82 Å². The first-order chi connectivity index (χ1) is 9.47. The fraction of sp³-hybridized carbons (Fsp3) is 0.769. The van der Waals surface area contributed by atoms with Gasteiger partial charge < -0.3 is 10.1 Å². The van der Waals surface area contributed by atoms with Gasteiger partial charge in [-0.3, -0.25) is 10.1 Å². The van der Waals surface area contributed by atoms with E-state index in [4.69, 9.17) is 4.74 Å². The normalized spacial score (nSPS) is 11.1. The lowest BCUT2D eigenvalue weighted by Crippen LogP contribution is -2.12. The van der Waals surface area contributed by atoms with Gasteiger partial charge >= 0.3 is 5.69 Å². The van der Waals surface area contributed by atoms with Crippen molar-refractivity contribution in [3.63, 3.8) is 0 Å². The van der Waals surface area contributed by atoms with Gasteiger partial charge in [0.05, 0.1) is 4.92 Å². The number of aromatic nitrogens is 2. The molecule has 0 bridgehead atoms. The van der Waals surface area contributed by atoms with E-state index in [-0.39, 0.29) is 10.6 Å². The quantitative estimate of drug-likeness (QED) is 0.428. The van der Waals surface area contributed by atoms with E-state index < -0.39 is 0 Å². The highest BCUT2D eigenvalue weighted by atomic mass is 16.6. The van der Waals surface area contributed by atoms with Crippen molar-refractivity contribution in [2.45, 2.75) is 40.7 Å². The van der Waals surface area contributed by atoms with Gasteiger partial charge in [-0.15, -0.1) is 0 Å². The van der Waals surface area contributed by atoms with Crippen molar-refractivity contribution in [2.24, 2.45) is 5.92 Å². The molecule has 1 aromatic rings. The Kier molecular flexibility index (Phi) is 6.44. The first kappa shape index (κ1) is 16.4. The Labute approximate surface area is 119 Å². The van der Waals surface area contributed by atoms with Crippen LogP contribution >= 0.6 is 0 Å². The molecular weight excluding hydrogens is 260 g/mol. The maximum atomic E-state index is 11.1. The molecule has 7 heteroatoms. The van der Waals surface area contributed by atoms with Gasteiger partial charge in [-0.2, -0.15) is 5.10 Å². The number of hydrogen-bond donors (Lipinski definition) is 1. The highest BCUT2D eigenvalue weighted by Crippen LogP contribution is 2.27. The standard InChI is InChI=1S/C13H24N4O3/c1-5-16-13(12(17(18)19)11(4)15-16)14-7-6-8-20-9-10(2)3/h10,14H,5-9H2,1-4H3. The molecule has 0 saturated heterocycles. The van der Waals surface area contributed by atoms with Crippen molar-refractivity contribution in [1.29, 1.82) is 0 Å². The zero-order valence-electron chi connectivity index (χ0n) is 12.7. The average Bonchev–Trinajstić information content (AvgIpc) is 2.69. The van der Waals surface area contributed by atoms with E-state index in [0.717, 1.165) is 13.0 Å². The van der Waals surface area contributed by atoms with Crippen LogP contribution in [0, 0.1) is 23.0 Å². The van der Waals surface area contributed by atoms with Crippen LogP contribution < -0.4 is 5.32 Å². The van der Waals surface area contributed by atoms with Gasteiger partial charge in [-0.1, -0.05) is 13.8 Å². The minimum atomic E-state index is -0.383. The molecular formula is C13H24N4O3. The lowest BCUT2D eigenvalue weighted by Gasteiger charge is -2.09. The fourth-order valence-electron chi connectivity index (χ4n) is 1.89. The molecule has 0 saturated carbocycles. The van der Waals surface area contributed by atoms with E-state index in [1.807, 2.05) is 6.92 Å². The van der Waals surface area contributed by atoms with Crippen molar-refractivity contribution in [3.8, 4) is 0 Å². The molecule has 0 unspecified atom stereocenters. The zero-order chi connectivity index (χ0) is 15.1. The van der Waals surface area contributed by atoms with Crippen molar-refractivity contribution in [2.75, 3.05) is 25.1 Å². The molecule has 1 rings (SSSR count). The number of rotatable bonds is 9. The van der Waals surface area contributed by atoms with E-state index in [0.29, 0.717) is 37.1 Å². The first-order valence-electron chi connectivity index (χ1n) is 7.00. The summed E-state index contributed by atoms with van der Waals surface area (Å²) in [6.45, 7) is 10.4. The van der Waals surface area contributed by atoms with Crippen LogP contribution in [-0.4, -0.2) is 34.5 Å². The highest BCUT2D eigenvalue weighted by molar-refractivity contribution is 5.59. The summed E-state index contributed by atoms with van der Waals surface area (Å²) in [5.74, 6) is 1.01. The monoisotopic (exact) mass is 284 g/mol. The largest absolute Gasteiger partial charge is 0.381 e. The second kappa shape index (κ2) is 7.84. The second-order valence-corrected chi connectivity index (χ2v) is 5.10. The fourth-order valence-corrected chi connectivity index (χ4v) is 1.89. The van der Waals surface area contributed by atoms with Gasteiger partial charge in [0.15, 0.2) is 0 Å². The van der Waals surface area contributed by atoms with Crippen molar-refractivity contribution in [1.82, 2.24) is 9.78 Å². The third-order valence-corrected chi connectivity index (χ3v) is 2.79.